The summed E-state index contributed by atoms with van der Waals surface area (Å²) in [6, 6.07) is 1.22. The van der Waals surface area contributed by atoms with Gasteiger partial charge in [-0.1, -0.05) is 0 Å². The molecular weight excluding hydrogens is 204 g/mol. The van der Waals surface area contributed by atoms with E-state index in [1.165, 1.54) is 12.8 Å². The Kier molecular flexibility index (Phi) is 3.56. The molecule has 1 aliphatic heterocycles. The van der Waals surface area contributed by atoms with Crippen molar-refractivity contribution in [3.63, 3.8) is 0 Å². The standard InChI is InChI=1S/C11H20N4O/c1-8-6-10(4-5-15(8)3)12-7-11-14-13-9(2)16-11/h8,10,12H,4-7H2,1-3H3. The summed E-state index contributed by atoms with van der Waals surface area (Å²) in [7, 11) is 2.18. The molecule has 1 N–H and O–H groups in total. The van der Waals surface area contributed by atoms with Crippen LogP contribution in [0.4, 0.5) is 0 Å². The Morgan fingerprint density at radius 3 is 2.94 bits per heavy atom. The quantitative estimate of drug-likeness (QED) is 0.828. The van der Waals surface area contributed by atoms with Crippen LogP contribution in [0.1, 0.15) is 31.5 Å². The van der Waals surface area contributed by atoms with Gasteiger partial charge in [0.15, 0.2) is 0 Å². The predicted octanol–water partition coefficient (Wildman–Crippen LogP) is 0.950. The molecule has 2 atom stereocenters. The summed E-state index contributed by atoms with van der Waals surface area (Å²) >= 11 is 0. The molecule has 1 aromatic rings. The highest BCUT2D eigenvalue weighted by Crippen LogP contribution is 2.15. The summed E-state index contributed by atoms with van der Waals surface area (Å²) < 4.78 is 5.33. The maximum Gasteiger partial charge on any atom is 0.230 e. The zero-order valence-electron chi connectivity index (χ0n) is 10.2. The van der Waals surface area contributed by atoms with Gasteiger partial charge in [-0.2, -0.15) is 0 Å². The monoisotopic (exact) mass is 224 g/mol. The van der Waals surface area contributed by atoms with Gasteiger partial charge in [0, 0.05) is 19.0 Å². The van der Waals surface area contributed by atoms with Crippen LogP contribution < -0.4 is 5.32 Å². The molecule has 1 saturated heterocycles. The predicted molar refractivity (Wildman–Crippen MR) is 61.0 cm³/mol. The minimum Gasteiger partial charge on any atom is -0.424 e. The first-order valence-corrected chi connectivity index (χ1v) is 5.87. The number of nitrogens with zero attached hydrogens (tertiary/aromatic N) is 3. The van der Waals surface area contributed by atoms with Crippen molar-refractivity contribution in [2.75, 3.05) is 13.6 Å². The second-order valence-electron chi connectivity index (χ2n) is 4.65. The SMILES string of the molecule is Cc1nnc(CNC2CCN(C)C(C)C2)o1. The molecule has 0 aromatic carbocycles. The molecule has 5 nitrogen and oxygen atoms in total. The summed E-state index contributed by atoms with van der Waals surface area (Å²) in [5, 5.41) is 11.3. The number of nitrogens with one attached hydrogen (secondary N) is 1. The number of rotatable bonds is 3. The Labute approximate surface area is 96.2 Å². The van der Waals surface area contributed by atoms with Crippen LogP contribution in [0.15, 0.2) is 4.42 Å². The maximum absolute atomic E-state index is 5.33. The molecular formula is C11H20N4O. The van der Waals surface area contributed by atoms with Gasteiger partial charge in [0.25, 0.3) is 0 Å². The Morgan fingerprint density at radius 2 is 2.31 bits per heavy atom. The third-order valence-corrected chi connectivity index (χ3v) is 3.32. The van der Waals surface area contributed by atoms with E-state index in [2.05, 4.69) is 34.4 Å². The van der Waals surface area contributed by atoms with E-state index >= 15 is 0 Å². The van der Waals surface area contributed by atoms with Gasteiger partial charge in [0.2, 0.25) is 11.8 Å². The van der Waals surface area contributed by atoms with E-state index < -0.39 is 0 Å². The highest BCUT2D eigenvalue weighted by Gasteiger charge is 2.22. The number of likely N-dealkylation sites (tertiary alicyclic amines) is 1. The molecule has 90 valence electrons. The van der Waals surface area contributed by atoms with Crippen molar-refractivity contribution in [2.24, 2.45) is 0 Å². The van der Waals surface area contributed by atoms with E-state index in [0.717, 1.165) is 6.54 Å². The minimum atomic E-state index is 0.568. The van der Waals surface area contributed by atoms with Gasteiger partial charge in [0.1, 0.15) is 0 Å². The minimum absolute atomic E-state index is 0.568. The first-order chi connectivity index (χ1) is 7.65. The van der Waals surface area contributed by atoms with Gasteiger partial charge in [-0.05, 0) is 33.4 Å². The Morgan fingerprint density at radius 1 is 1.50 bits per heavy atom. The second kappa shape index (κ2) is 4.93. The van der Waals surface area contributed by atoms with Gasteiger partial charge in [-0.15, -0.1) is 10.2 Å². The molecule has 0 bridgehead atoms. The number of aryl methyl sites for hydroxylation is 1. The molecule has 0 aliphatic carbocycles. The Bertz CT molecular complexity index is 338. The fraction of sp³-hybridized carbons (Fsp3) is 0.818. The summed E-state index contributed by atoms with van der Waals surface area (Å²) in [4.78, 5) is 2.40. The van der Waals surface area contributed by atoms with E-state index in [1.807, 2.05) is 6.92 Å². The molecule has 2 heterocycles. The van der Waals surface area contributed by atoms with Crippen LogP contribution in [0, 0.1) is 6.92 Å². The average Bonchev–Trinajstić information content (AvgIpc) is 2.66. The third-order valence-electron chi connectivity index (χ3n) is 3.32. The summed E-state index contributed by atoms with van der Waals surface area (Å²) in [6.07, 6.45) is 2.37. The first kappa shape index (κ1) is 11.5. The van der Waals surface area contributed by atoms with Gasteiger partial charge in [-0.3, -0.25) is 0 Å². The van der Waals surface area contributed by atoms with Gasteiger partial charge >= 0.3 is 0 Å². The molecule has 0 radical (unpaired) electrons. The van der Waals surface area contributed by atoms with E-state index in [9.17, 15) is 0 Å². The summed E-state index contributed by atoms with van der Waals surface area (Å²) in [5.74, 6) is 1.32. The molecule has 1 aromatic heterocycles. The molecule has 1 fully saturated rings. The van der Waals surface area contributed by atoms with Gasteiger partial charge in [0.05, 0.1) is 6.54 Å². The van der Waals surface area contributed by atoms with E-state index in [1.54, 1.807) is 0 Å². The Balaban J connectivity index is 1.78. The number of aromatic nitrogens is 2. The van der Waals surface area contributed by atoms with Gasteiger partial charge < -0.3 is 14.6 Å². The molecule has 2 rings (SSSR count). The van der Waals surface area contributed by atoms with Crippen molar-refractivity contribution < 1.29 is 4.42 Å². The topological polar surface area (TPSA) is 54.2 Å². The lowest BCUT2D eigenvalue weighted by atomic mass is 9.99. The zero-order valence-corrected chi connectivity index (χ0v) is 10.2. The van der Waals surface area contributed by atoms with Crippen molar-refractivity contribution in [3.05, 3.63) is 11.8 Å². The first-order valence-electron chi connectivity index (χ1n) is 5.87. The van der Waals surface area contributed by atoms with Crippen molar-refractivity contribution in [1.29, 1.82) is 0 Å². The maximum atomic E-state index is 5.33. The van der Waals surface area contributed by atoms with Crippen LogP contribution >= 0.6 is 0 Å². The fourth-order valence-electron chi connectivity index (χ4n) is 2.12. The van der Waals surface area contributed by atoms with Crippen LogP contribution in [0.2, 0.25) is 0 Å². The highest BCUT2D eigenvalue weighted by atomic mass is 16.4. The van der Waals surface area contributed by atoms with Crippen molar-refractivity contribution in [3.8, 4) is 0 Å². The zero-order chi connectivity index (χ0) is 11.5. The second-order valence-corrected chi connectivity index (χ2v) is 4.65. The number of hydrogen-bond acceptors (Lipinski definition) is 5. The van der Waals surface area contributed by atoms with E-state index in [0.29, 0.717) is 30.4 Å². The molecule has 1 aliphatic rings. The lowest BCUT2D eigenvalue weighted by Crippen LogP contribution is -2.45. The van der Waals surface area contributed by atoms with Crippen molar-refractivity contribution in [1.82, 2.24) is 20.4 Å². The Hall–Kier alpha value is -0.940. The third kappa shape index (κ3) is 2.80. The average molecular weight is 224 g/mol. The molecule has 0 saturated carbocycles. The summed E-state index contributed by atoms with van der Waals surface area (Å²) in [5.41, 5.74) is 0. The normalized spacial score (nSPS) is 27.2. The molecule has 0 spiro atoms. The lowest BCUT2D eigenvalue weighted by molar-refractivity contribution is 0.166. The van der Waals surface area contributed by atoms with Crippen LogP contribution in [0.25, 0.3) is 0 Å². The van der Waals surface area contributed by atoms with Crippen LogP contribution in [-0.2, 0) is 6.54 Å². The van der Waals surface area contributed by atoms with Crippen molar-refractivity contribution in [2.45, 2.75) is 45.3 Å². The smallest absolute Gasteiger partial charge is 0.230 e. The number of piperidine rings is 1. The largest absolute Gasteiger partial charge is 0.424 e. The van der Waals surface area contributed by atoms with Crippen LogP contribution in [-0.4, -0.2) is 40.8 Å². The van der Waals surface area contributed by atoms with E-state index in [4.69, 9.17) is 4.42 Å². The lowest BCUT2D eigenvalue weighted by Gasteiger charge is -2.35. The molecule has 16 heavy (non-hydrogen) atoms. The highest BCUT2D eigenvalue weighted by molar-refractivity contribution is 4.84. The van der Waals surface area contributed by atoms with E-state index in [-0.39, 0.29) is 0 Å². The summed E-state index contributed by atoms with van der Waals surface area (Å²) in [6.45, 7) is 5.92. The molecule has 5 heteroatoms. The van der Waals surface area contributed by atoms with Gasteiger partial charge in [-0.25, -0.2) is 0 Å². The van der Waals surface area contributed by atoms with Crippen molar-refractivity contribution >= 4 is 0 Å². The number of hydrogen-bond donors (Lipinski definition) is 1. The molecule has 2 unspecified atom stereocenters. The molecule has 0 amide bonds. The van der Waals surface area contributed by atoms with Crippen LogP contribution in [0.5, 0.6) is 0 Å². The van der Waals surface area contributed by atoms with Crippen LogP contribution in [0.3, 0.4) is 0 Å². The fourth-order valence-corrected chi connectivity index (χ4v) is 2.12.